The first-order valence-corrected chi connectivity index (χ1v) is 17.6. The van der Waals surface area contributed by atoms with E-state index < -0.39 is 25.2 Å². The van der Waals surface area contributed by atoms with E-state index in [0.29, 0.717) is 19.8 Å². The van der Waals surface area contributed by atoms with E-state index >= 15 is 0 Å². The average molecular weight is 377 g/mol. The molecule has 0 aliphatic rings. The molecule has 0 saturated carbocycles. The molecular formula is C16H36O4Si3. The lowest BCUT2D eigenvalue weighted by Crippen LogP contribution is -2.51. The van der Waals surface area contributed by atoms with Crippen LogP contribution in [0.4, 0.5) is 0 Å². The minimum absolute atomic E-state index is 0.604. The zero-order valence-corrected chi connectivity index (χ0v) is 19.1. The molecule has 0 aromatic rings. The van der Waals surface area contributed by atoms with E-state index in [4.69, 9.17) is 17.7 Å². The molecule has 0 aliphatic heterocycles. The predicted molar refractivity (Wildman–Crippen MR) is 106 cm³/mol. The quantitative estimate of drug-likeness (QED) is 0.269. The molecule has 0 aromatic carbocycles. The molecule has 0 unspecified atom stereocenters. The van der Waals surface area contributed by atoms with E-state index in [-0.39, 0.29) is 0 Å². The van der Waals surface area contributed by atoms with E-state index in [1.54, 1.807) is 6.08 Å². The number of ether oxygens (including phenoxy) is 2. The van der Waals surface area contributed by atoms with Crippen LogP contribution in [-0.4, -0.2) is 51.6 Å². The second kappa shape index (κ2) is 10.8. The Kier molecular flexibility index (Phi) is 10.7. The van der Waals surface area contributed by atoms with Gasteiger partial charge in [0.2, 0.25) is 0 Å². The molecule has 7 heteroatoms. The van der Waals surface area contributed by atoms with Gasteiger partial charge in [0, 0.05) is 6.61 Å². The summed E-state index contributed by atoms with van der Waals surface area (Å²) in [4.78, 5) is 0. The molecule has 0 radical (unpaired) electrons. The van der Waals surface area contributed by atoms with Crippen LogP contribution < -0.4 is 0 Å². The van der Waals surface area contributed by atoms with E-state index in [1.165, 1.54) is 0 Å². The zero-order chi connectivity index (χ0) is 18.0. The number of rotatable bonds is 13. The summed E-state index contributed by atoms with van der Waals surface area (Å²) in [5.41, 5.74) is 0. The van der Waals surface area contributed by atoms with Gasteiger partial charge >= 0.3 is 8.56 Å². The highest BCUT2D eigenvalue weighted by Crippen LogP contribution is 2.22. The van der Waals surface area contributed by atoms with Crippen LogP contribution in [0.1, 0.15) is 0 Å². The molecule has 0 bridgehead atoms. The van der Waals surface area contributed by atoms with Gasteiger partial charge in [-0.2, -0.15) is 0 Å². The third-order valence-corrected chi connectivity index (χ3v) is 12.8. The average Bonchev–Trinajstić information content (AvgIpc) is 2.32. The minimum atomic E-state index is -2.04. The molecule has 0 amide bonds. The number of allylic oxidation sites excluding steroid dienone is 2. The maximum atomic E-state index is 6.43. The normalized spacial score (nSPS) is 13.7. The highest BCUT2D eigenvalue weighted by atomic mass is 28.5. The Morgan fingerprint density at radius 1 is 0.826 bits per heavy atom. The lowest BCUT2D eigenvalue weighted by atomic mass is 10.5. The predicted octanol–water partition coefficient (Wildman–Crippen LogP) is 4.54. The summed E-state index contributed by atoms with van der Waals surface area (Å²) in [5, 5.41) is 0. The second-order valence-electron chi connectivity index (χ2n) is 7.58. The third-order valence-electron chi connectivity index (χ3n) is 2.78. The van der Waals surface area contributed by atoms with Crippen LogP contribution in [-0.2, 0) is 17.7 Å². The van der Waals surface area contributed by atoms with Crippen molar-refractivity contribution in [3.05, 3.63) is 24.8 Å². The molecule has 0 aliphatic carbocycles. The first-order valence-electron chi connectivity index (χ1n) is 8.31. The standard InChI is InChI=1S/C16H36O4Si3/c1-9-10-11-12-17-13-14-18-15-16-22(5,6)20-23(7,8)19-21(2,3)4/h9-11H,1,12-16H2,2-8H3. The van der Waals surface area contributed by atoms with E-state index in [0.717, 1.165) is 12.7 Å². The summed E-state index contributed by atoms with van der Waals surface area (Å²) in [6.07, 6.45) is 5.55. The van der Waals surface area contributed by atoms with Gasteiger partial charge < -0.3 is 17.7 Å². The van der Waals surface area contributed by atoms with Crippen molar-refractivity contribution in [2.24, 2.45) is 0 Å². The SMILES string of the molecule is C=CC=CCOCCOCC[Si](C)(C)O[Si](C)(C)O[Si](C)(C)C. The van der Waals surface area contributed by atoms with E-state index in [1.807, 2.05) is 12.2 Å². The topological polar surface area (TPSA) is 36.9 Å². The molecule has 0 fully saturated rings. The molecule has 0 spiro atoms. The van der Waals surface area contributed by atoms with Crippen LogP contribution in [0.3, 0.4) is 0 Å². The van der Waals surface area contributed by atoms with Crippen molar-refractivity contribution in [1.82, 2.24) is 0 Å². The molecule has 0 saturated heterocycles. The lowest BCUT2D eigenvalue weighted by Gasteiger charge is -2.37. The lowest BCUT2D eigenvalue weighted by molar-refractivity contribution is 0.0634. The summed E-state index contributed by atoms with van der Waals surface area (Å²) < 4.78 is 23.8. The Hall–Kier alpha value is -0.0294. The van der Waals surface area contributed by atoms with Crippen molar-refractivity contribution < 1.29 is 17.7 Å². The minimum Gasteiger partial charge on any atom is -0.437 e. The highest BCUT2D eigenvalue weighted by molar-refractivity contribution is 6.87. The first kappa shape index (κ1) is 23.0. The van der Waals surface area contributed by atoms with Crippen molar-refractivity contribution in [2.45, 2.75) is 51.9 Å². The fourth-order valence-electron chi connectivity index (χ4n) is 2.32. The summed E-state index contributed by atoms with van der Waals surface area (Å²) >= 11 is 0. The van der Waals surface area contributed by atoms with Crippen molar-refractivity contribution in [2.75, 3.05) is 26.4 Å². The fraction of sp³-hybridized carbons (Fsp3) is 0.750. The summed E-state index contributed by atoms with van der Waals surface area (Å²) in [5.74, 6) is 0. The molecule has 0 aromatic heterocycles. The largest absolute Gasteiger partial charge is 0.437 e. The van der Waals surface area contributed by atoms with Gasteiger partial charge in [0.15, 0.2) is 16.6 Å². The van der Waals surface area contributed by atoms with Crippen LogP contribution in [0.5, 0.6) is 0 Å². The monoisotopic (exact) mass is 376 g/mol. The van der Waals surface area contributed by atoms with Crippen molar-refractivity contribution in [1.29, 1.82) is 0 Å². The van der Waals surface area contributed by atoms with E-state index in [2.05, 4.69) is 52.4 Å². The van der Waals surface area contributed by atoms with Crippen molar-refractivity contribution in [3.63, 3.8) is 0 Å². The van der Waals surface area contributed by atoms with Crippen LogP contribution >= 0.6 is 0 Å². The Labute approximate surface area is 146 Å². The Morgan fingerprint density at radius 2 is 1.43 bits per heavy atom. The first-order chi connectivity index (χ1) is 10.5. The van der Waals surface area contributed by atoms with Gasteiger partial charge in [-0.05, 0) is 51.9 Å². The number of hydrogen-bond donors (Lipinski definition) is 0. The summed E-state index contributed by atoms with van der Waals surface area (Å²) in [7, 11) is -5.35. The summed E-state index contributed by atoms with van der Waals surface area (Å²) in [6, 6.07) is 0.981. The van der Waals surface area contributed by atoms with Crippen molar-refractivity contribution in [3.8, 4) is 0 Å². The van der Waals surface area contributed by atoms with Crippen molar-refractivity contribution >= 4 is 25.2 Å². The molecule has 4 nitrogen and oxygen atoms in total. The summed E-state index contributed by atoms with van der Waals surface area (Å²) in [6.45, 7) is 21.6. The highest BCUT2D eigenvalue weighted by Gasteiger charge is 2.37. The van der Waals surface area contributed by atoms with Gasteiger partial charge in [-0.25, -0.2) is 0 Å². The van der Waals surface area contributed by atoms with Crippen LogP contribution in [0.25, 0.3) is 0 Å². The third kappa shape index (κ3) is 15.2. The van der Waals surface area contributed by atoms with Gasteiger partial charge in [0.1, 0.15) is 0 Å². The molecule has 0 atom stereocenters. The van der Waals surface area contributed by atoms with Gasteiger partial charge in [-0.15, -0.1) is 0 Å². The van der Waals surface area contributed by atoms with Crippen LogP contribution in [0.15, 0.2) is 24.8 Å². The maximum absolute atomic E-state index is 6.43. The second-order valence-corrected chi connectivity index (χ2v) is 20.3. The Morgan fingerprint density at radius 3 is 2.00 bits per heavy atom. The van der Waals surface area contributed by atoms with Gasteiger partial charge in [-0.3, -0.25) is 0 Å². The molecule has 23 heavy (non-hydrogen) atoms. The zero-order valence-electron chi connectivity index (χ0n) is 16.1. The number of hydrogen-bond acceptors (Lipinski definition) is 4. The van der Waals surface area contributed by atoms with E-state index in [9.17, 15) is 0 Å². The molecule has 0 N–H and O–H groups in total. The molecule has 0 rings (SSSR count). The van der Waals surface area contributed by atoms with Crippen LogP contribution in [0.2, 0.25) is 51.9 Å². The molecular weight excluding hydrogens is 340 g/mol. The van der Waals surface area contributed by atoms with Crippen LogP contribution in [0, 0.1) is 0 Å². The molecule has 0 heterocycles. The van der Waals surface area contributed by atoms with Gasteiger partial charge in [0.25, 0.3) is 0 Å². The van der Waals surface area contributed by atoms with Gasteiger partial charge in [-0.1, -0.05) is 24.8 Å². The fourth-order valence-corrected chi connectivity index (χ4v) is 15.1. The smallest absolute Gasteiger partial charge is 0.311 e. The van der Waals surface area contributed by atoms with Gasteiger partial charge in [0.05, 0.1) is 19.8 Å². The Balaban J connectivity index is 3.91. The molecule has 136 valence electrons. The Bertz CT molecular complexity index is 363. The maximum Gasteiger partial charge on any atom is 0.311 e.